The second-order valence-corrected chi connectivity index (χ2v) is 6.52. The second-order valence-electron chi connectivity index (χ2n) is 6.52. The number of hydrogen-bond acceptors (Lipinski definition) is 2. The molecule has 6 nitrogen and oxygen atoms in total. The van der Waals surface area contributed by atoms with Gasteiger partial charge >= 0.3 is 12.1 Å². The SMILES string of the molecule is C=CC(=CC=C(C)F)NC(=O)NCc1cccc(CNC(=O)Nc2ccc(F)cc2)c1. The predicted octanol–water partition coefficient (Wildman–Crippen LogP) is 4.89. The number of anilines is 1. The monoisotopic (exact) mass is 426 g/mol. The van der Waals surface area contributed by atoms with Gasteiger partial charge in [-0.1, -0.05) is 30.8 Å². The number of allylic oxidation sites excluding steroid dienone is 4. The standard InChI is InChI=1S/C23H24F2N4O2/c1-3-20(10-7-16(2)24)28-22(30)26-14-17-5-4-6-18(13-17)15-27-23(31)29-21-11-8-19(25)9-12-21/h3-13H,1,14-15H2,2H3,(H2,26,28,30)(H2,27,29,31). The highest BCUT2D eigenvalue weighted by Crippen LogP contribution is 2.09. The molecule has 0 aliphatic carbocycles. The third-order valence-corrected chi connectivity index (χ3v) is 3.97. The quantitative estimate of drug-likeness (QED) is 0.453. The molecule has 0 aliphatic rings. The van der Waals surface area contributed by atoms with Crippen molar-refractivity contribution in [1.82, 2.24) is 16.0 Å². The first-order valence-corrected chi connectivity index (χ1v) is 9.45. The summed E-state index contributed by atoms with van der Waals surface area (Å²) in [5.74, 6) is -0.771. The molecule has 0 aromatic heterocycles. The largest absolute Gasteiger partial charge is 0.334 e. The van der Waals surface area contributed by atoms with Crippen LogP contribution in [-0.2, 0) is 13.1 Å². The van der Waals surface area contributed by atoms with Gasteiger partial charge < -0.3 is 21.3 Å². The van der Waals surface area contributed by atoms with E-state index >= 15 is 0 Å². The Bertz CT molecular complexity index is 981. The maximum absolute atomic E-state index is 12.9. The van der Waals surface area contributed by atoms with Gasteiger partial charge in [0.25, 0.3) is 0 Å². The molecule has 0 saturated carbocycles. The molecular formula is C23H24F2N4O2. The van der Waals surface area contributed by atoms with Crippen LogP contribution in [0.1, 0.15) is 18.1 Å². The van der Waals surface area contributed by atoms with Gasteiger partial charge in [-0.15, -0.1) is 0 Å². The predicted molar refractivity (Wildman–Crippen MR) is 117 cm³/mol. The van der Waals surface area contributed by atoms with Crippen molar-refractivity contribution < 1.29 is 18.4 Å². The molecule has 4 N–H and O–H groups in total. The molecule has 0 spiro atoms. The minimum atomic E-state index is -0.460. The van der Waals surface area contributed by atoms with Crippen LogP contribution in [0.15, 0.2) is 84.9 Å². The van der Waals surface area contributed by atoms with Crippen molar-refractivity contribution in [3.8, 4) is 0 Å². The van der Waals surface area contributed by atoms with Crippen LogP contribution in [0.5, 0.6) is 0 Å². The van der Waals surface area contributed by atoms with Crippen LogP contribution < -0.4 is 21.3 Å². The van der Waals surface area contributed by atoms with Crippen LogP contribution in [-0.4, -0.2) is 12.1 Å². The molecule has 0 atom stereocenters. The molecule has 2 aromatic rings. The summed E-state index contributed by atoms with van der Waals surface area (Å²) < 4.78 is 25.7. The summed E-state index contributed by atoms with van der Waals surface area (Å²) in [6.07, 6.45) is 4.04. The Hall–Kier alpha value is -3.94. The van der Waals surface area contributed by atoms with Crippen LogP contribution in [0.2, 0.25) is 0 Å². The van der Waals surface area contributed by atoms with Gasteiger partial charge in [-0.25, -0.2) is 18.4 Å². The lowest BCUT2D eigenvalue weighted by Gasteiger charge is -2.10. The highest BCUT2D eigenvalue weighted by molar-refractivity contribution is 5.89. The molecule has 31 heavy (non-hydrogen) atoms. The number of hydrogen-bond donors (Lipinski definition) is 4. The van der Waals surface area contributed by atoms with Gasteiger partial charge in [-0.2, -0.15) is 0 Å². The lowest BCUT2D eigenvalue weighted by Crippen LogP contribution is -2.34. The van der Waals surface area contributed by atoms with E-state index in [9.17, 15) is 18.4 Å². The fourth-order valence-corrected chi connectivity index (χ4v) is 2.46. The molecule has 0 heterocycles. The van der Waals surface area contributed by atoms with Crippen molar-refractivity contribution in [3.63, 3.8) is 0 Å². The Morgan fingerprint density at radius 3 is 2.16 bits per heavy atom. The van der Waals surface area contributed by atoms with Gasteiger partial charge in [0, 0.05) is 24.5 Å². The van der Waals surface area contributed by atoms with Crippen molar-refractivity contribution in [3.05, 3.63) is 102 Å². The van der Waals surface area contributed by atoms with Gasteiger partial charge in [0.05, 0.1) is 5.83 Å². The van der Waals surface area contributed by atoms with Crippen molar-refractivity contribution in [1.29, 1.82) is 0 Å². The second kappa shape index (κ2) is 11.9. The van der Waals surface area contributed by atoms with Crippen LogP contribution in [0.4, 0.5) is 24.1 Å². The Labute approximate surface area is 179 Å². The summed E-state index contributed by atoms with van der Waals surface area (Å²) >= 11 is 0. The van der Waals surface area contributed by atoms with Gasteiger partial charge in [-0.3, -0.25) is 0 Å². The first-order valence-electron chi connectivity index (χ1n) is 9.45. The maximum atomic E-state index is 12.9. The zero-order valence-corrected chi connectivity index (χ0v) is 17.0. The summed E-state index contributed by atoms with van der Waals surface area (Å²) in [4.78, 5) is 24.0. The number of rotatable bonds is 8. The number of carbonyl (C=O) groups excluding carboxylic acids is 2. The Morgan fingerprint density at radius 2 is 1.58 bits per heavy atom. The molecule has 0 bridgehead atoms. The molecule has 4 amide bonds. The van der Waals surface area contributed by atoms with Gasteiger partial charge in [0.2, 0.25) is 0 Å². The molecule has 162 valence electrons. The van der Waals surface area contributed by atoms with E-state index in [4.69, 9.17) is 0 Å². The van der Waals surface area contributed by atoms with Crippen LogP contribution in [0.3, 0.4) is 0 Å². The fraction of sp³-hybridized carbons (Fsp3) is 0.130. The van der Waals surface area contributed by atoms with Crippen molar-refractivity contribution >= 4 is 17.7 Å². The van der Waals surface area contributed by atoms with Gasteiger partial charge in [0.1, 0.15) is 5.82 Å². The number of halogens is 2. The average molecular weight is 426 g/mol. The molecule has 2 rings (SSSR count). The minimum absolute atomic E-state index is 0.254. The fourth-order valence-electron chi connectivity index (χ4n) is 2.46. The first-order chi connectivity index (χ1) is 14.9. The molecular weight excluding hydrogens is 402 g/mol. The Balaban J connectivity index is 1.83. The lowest BCUT2D eigenvalue weighted by atomic mass is 10.1. The van der Waals surface area contributed by atoms with E-state index in [1.165, 1.54) is 49.4 Å². The van der Waals surface area contributed by atoms with Crippen LogP contribution in [0, 0.1) is 5.82 Å². The lowest BCUT2D eigenvalue weighted by molar-refractivity contribution is 0.243. The highest BCUT2D eigenvalue weighted by atomic mass is 19.1. The topological polar surface area (TPSA) is 82.3 Å². The summed E-state index contributed by atoms with van der Waals surface area (Å²) in [6.45, 7) is 5.39. The highest BCUT2D eigenvalue weighted by Gasteiger charge is 2.05. The molecule has 0 unspecified atom stereocenters. The number of amides is 4. The number of urea groups is 2. The molecule has 2 aromatic carbocycles. The molecule has 0 radical (unpaired) electrons. The Morgan fingerprint density at radius 1 is 0.968 bits per heavy atom. The zero-order chi connectivity index (χ0) is 22.6. The third kappa shape index (κ3) is 8.95. The van der Waals surface area contributed by atoms with Crippen LogP contribution >= 0.6 is 0 Å². The minimum Gasteiger partial charge on any atom is -0.334 e. The van der Waals surface area contributed by atoms with Crippen LogP contribution in [0.25, 0.3) is 0 Å². The number of nitrogens with one attached hydrogen (secondary N) is 4. The zero-order valence-electron chi connectivity index (χ0n) is 17.0. The van der Waals surface area contributed by atoms with Gasteiger partial charge in [-0.05, 0) is 60.5 Å². The number of benzene rings is 2. The van der Waals surface area contributed by atoms with E-state index in [1.54, 1.807) is 0 Å². The van der Waals surface area contributed by atoms with Crippen molar-refractivity contribution in [2.45, 2.75) is 20.0 Å². The molecule has 8 heteroatoms. The summed E-state index contributed by atoms with van der Waals surface area (Å²) in [5, 5.41) is 10.6. The molecule has 0 aliphatic heterocycles. The number of carbonyl (C=O) groups is 2. The van der Waals surface area contributed by atoms with Crippen molar-refractivity contribution in [2.75, 3.05) is 5.32 Å². The molecule has 0 fully saturated rings. The smallest absolute Gasteiger partial charge is 0.319 e. The summed E-state index contributed by atoms with van der Waals surface area (Å²) in [6, 6.07) is 11.9. The first kappa shape index (κ1) is 23.3. The van der Waals surface area contributed by atoms with E-state index in [-0.39, 0.29) is 18.9 Å². The summed E-state index contributed by atoms with van der Waals surface area (Å²) in [7, 11) is 0. The van der Waals surface area contributed by atoms with E-state index in [0.29, 0.717) is 11.4 Å². The van der Waals surface area contributed by atoms with Crippen molar-refractivity contribution in [2.24, 2.45) is 0 Å². The third-order valence-electron chi connectivity index (χ3n) is 3.97. The average Bonchev–Trinajstić information content (AvgIpc) is 2.75. The van der Waals surface area contributed by atoms with E-state index in [1.807, 2.05) is 24.3 Å². The molecule has 0 saturated heterocycles. The van der Waals surface area contributed by atoms with E-state index in [0.717, 1.165) is 11.1 Å². The summed E-state index contributed by atoms with van der Waals surface area (Å²) in [5.41, 5.74) is 2.51. The van der Waals surface area contributed by atoms with Gasteiger partial charge in [0.15, 0.2) is 0 Å². The van der Waals surface area contributed by atoms with E-state index < -0.39 is 17.9 Å². The Kier molecular flexibility index (Phi) is 8.97. The maximum Gasteiger partial charge on any atom is 0.319 e. The normalized spacial score (nSPS) is 11.5. The van der Waals surface area contributed by atoms with E-state index in [2.05, 4.69) is 27.8 Å².